The number of carbonyl (C=O) groups excluding carboxylic acids is 2. The molecule has 3 aliphatic rings. The summed E-state index contributed by atoms with van der Waals surface area (Å²) in [5.41, 5.74) is -0.462. The quantitative estimate of drug-likeness (QED) is 0.805. The summed E-state index contributed by atoms with van der Waals surface area (Å²) in [6.07, 6.45) is 10.6. The van der Waals surface area contributed by atoms with Gasteiger partial charge in [0.1, 0.15) is 5.60 Å². The van der Waals surface area contributed by atoms with Crippen LogP contribution in [0.2, 0.25) is 0 Å². The lowest BCUT2D eigenvalue weighted by Crippen LogP contribution is -2.53. The predicted octanol–water partition coefficient (Wildman–Crippen LogP) is 3.39. The molecule has 0 spiro atoms. The molecule has 0 aromatic rings. The Balaban J connectivity index is 1.52. The van der Waals surface area contributed by atoms with Gasteiger partial charge in [-0.15, -0.1) is 0 Å². The maximum absolute atomic E-state index is 12.4. The van der Waals surface area contributed by atoms with E-state index < -0.39 is 5.60 Å². The van der Waals surface area contributed by atoms with Crippen LogP contribution in [0.3, 0.4) is 0 Å². The van der Waals surface area contributed by atoms with Gasteiger partial charge in [-0.25, -0.2) is 4.79 Å². The minimum atomic E-state index is -0.462. The second-order valence-corrected chi connectivity index (χ2v) is 8.48. The van der Waals surface area contributed by atoms with Crippen molar-refractivity contribution in [3.05, 3.63) is 12.2 Å². The largest absolute Gasteiger partial charge is 0.444 e. The van der Waals surface area contributed by atoms with Gasteiger partial charge in [0.05, 0.1) is 0 Å². The van der Waals surface area contributed by atoms with Crippen molar-refractivity contribution in [1.82, 2.24) is 10.2 Å². The number of nitrogens with one attached hydrogen (secondary N) is 1. The van der Waals surface area contributed by atoms with Gasteiger partial charge in [0.25, 0.3) is 0 Å². The molecule has 3 rings (SSSR count). The minimum absolute atomic E-state index is 0.154. The highest BCUT2D eigenvalue weighted by Gasteiger charge is 2.45. The number of amides is 2. The fourth-order valence-electron chi connectivity index (χ4n) is 4.30. The van der Waals surface area contributed by atoms with E-state index in [2.05, 4.69) is 17.5 Å². The molecule has 2 fully saturated rings. The van der Waals surface area contributed by atoms with Gasteiger partial charge in [0, 0.05) is 24.5 Å². The molecule has 0 unspecified atom stereocenters. The van der Waals surface area contributed by atoms with Crippen molar-refractivity contribution in [3.63, 3.8) is 0 Å². The monoisotopic (exact) mass is 334 g/mol. The molecule has 1 aliphatic carbocycles. The number of rotatable bonds is 3. The second kappa shape index (κ2) is 6.77. The Morgan fingerprint density at radius 2 is 1.83 bits per heavy atom. The van der Waals surface area contributed by atoms with Crippen molar-refractivity contribution >= 4 is 12.0 Å². The van der Waals surface area contributed by atoms with Gasteiger partial charge in [0.2, 0.25) is 5.91 Å². The lowest BCUT2D eigenvalue weighted by Gasteiger charge is -2.39. The third kappa shape index (κ3) is 4.11. The normalized spacial score (nSPS) is 32.0. The van der Waals surface area contributed by atoms with Gasteiger partial charge in [-0.3, -0.25) is 4.79 Å². The predicted molar refractivity (Wildman–Crippen MR) is 92.5 cm³/mol. The Labute approximate surface area is 144 Å². The first-order chi connectivity index (χ1) is 11.3. The Kier molecular flexibility index (Phi) is 4.88. The molecule has 5 nitrogen and oxygen atoms in total. The third-order valence-electron chi connectivity index (χ3n) is 5.26. The van der Waals surface area contributed by atoms with Gasteiger partial charge in [0.15, 0.2) is 0 Å². The first-order valence-corrected chi connectivity index (χ1v) is 9.29. The summed E-state index contributed by atoms with van der Waals surface area (Å²) >= 11 is 0. The topological polar surface area (TPSA) is 58.6 Å². The van der Waals surface area contributed by atoms with Crippen LogP contribution < -0.4 is 5.32 Å². The van der Waals surface area contributed by atoms with Crippen LogP contribution in [0.4, 0.5) is 4.79 Å². The highest BCUT2D eigenvalue weighted by atomic mass is 16.6. The Bertz CT molecular complexity index is 509. The van der Waals surface area contributed by atoms with Gasteiger partial charge < -0.3 is 15.0 Å². The Morgan fingerprint density at radius 3 is 2.38 bits per heavy atom. The van der Waals surface area contributed by atoms with E-state index in [0.29, 0.717) is 12.3 Å². The molecule has 2 bridgehead atoms. The average Bonchev–Trinajstić information content (AvgIpc) is 3.03. The smallest absolute Gasteiger partial charge is 0.410 e. The SMILES string of the molecule is CC(C)(C)OC(=O)N1[C@H]2CC[C@H]1CC(NC(=O)C[C@H]1C=CCC1)C2. The van der Waals surface area contributed by atoms with Crippen molar-refractivity contribution < 1.29 is 14.3 Å². The van der Waals surface area contributed by atoms with Gasteiger partial charge in [-0.1, -0.05) is 12.2 Å². The molecule has 0 saturated carbocycles. The zero-order valence-corrected chi connectivity index (χ0v) is 15.1. The summed E-state index contributed by atoms with van der Waals surface area (Å²) in [6.45, 7) is 5.70. The van der Waals surface area contributed by atoms with Crippen molar-refractivity contribution in [2.45, 2.75) is 89.4 Å². The van der Waals surface area contributed by atoms with E-state index in [4.69, 9.17) is 4.74 Å². The number of allylic oxidation sites excluding steroid dienone is 2. The van der Waals surface area contributed by atoms with Gasteiger partial charge in [-0.05, 0) is 65.2 Å². The van der Waals surface area contributed by atoms with Crippen LogP contribution in [0.5, 0.6) is 0 Å². The van der Waals surface area contributed by atoms with Gasteiger partial charge >= 0.3 is 6.09 Å². The number of carbonyl (C=O) groups is 2. The summed E-state index contributed by atoms with van der Waals surface area (Å²) in [6, 6.07) is 0.602. The lowest BCUT2D eigenvalue weighted by molar-refractivity contribution is -0.122. The molecule has 2 heterocycles. The molecule has 134 valence electrons. The van der Waals surface area contributed by atoms with Crippen LogP contribution in [0.1, 0.15) is 65.7 Å². The standard InChI is InChI=1S/C19H30N2O3/c1-19(2,3)24-18(23)21-15-8-9-16(21)12-14(11-15)20-17(22)10-13-6-4-5-7-13/h4,6,13-16H,5,7-12H2,1-3H3,(H,20,22)/t13-,15-,16-/m0/s1. The van der Waals surface area contributed by atoms with Crippen LogP contribution in [0.15, 0.2) is 12.2 Å². The lowest BCUT2D eigenvalue weighted by atomic mass is 9.97. The highest BCUT2D eigenvalue weighted by Crippen LogP contribution is 2.37. The number of fused-ring (bicyclic) bond motifs is 2. The molecule has 1 N–H and O–H groups in total. The van der Waals surface area contributed by atoms with Gasteiger partial charge in [-0.2, -0.15) is 0 Å². The molecule has 2 aliphatic heterocycles. The fourth-order valence-corrected chi connectivity index (χ4v) is 4.30. The van der Waals surface area contributed by atoms with Crippen molar-refractivity contribution in [2.24, 2.45) is 5.92 Å². The molecule has 0 aromatic carbocycles. The molecule has 24 heavy (non-hydrogen) atoms. The maximum Gasteiger partial charge on any atom is 0.410 e. The average molecular weight is 334 g/mol. The minimum Gasteiger partial charge on any atom is -0.444 e. The van der Waals surface area contributed by atoms with Crippen LogP contribution in [-0.2, 0) is 9.53 Å². The molecule has 0 aromatic heterocycles. The van der Waals surface area contributed by atoms with E-state index in [9.17, 15) is 9.59 Å². The van der Waals surface area contributed by atoms with E-state index in [1.54, 1.807) is 0 Å². The third-order valence-corrected chi connectivity index (χ3v) is 5.26. The summed E-state index contributed by atoms with van der Waals surface area (Å²) < 4.78 is 5.56. The van der Waals surface area contributed by atoms with Crippen LogP contribution in [0.25, 0.3) is 0 Å². The van der Waals surface area contributed by atoms with Crippen LogP contribution in [-0.4, -0.2) is 40.6 Å². The molecule has 2 saturated heterocycles. The highest BCUT2D eigenvalue weighted by molar-refractivity contribution is 5.77. The summed E-state index contributed by atoms with van der Waals surface area (Å²) in [4.78, 5) is 26.6. The number of ether oxygens (including phenoxy) is 1. The molecule has 3 atom stereocenters. The van der Waals surface area contributed by atoms with Crippen LogP contribution >= 0.6 is 0 Å². The first kappa shape index (κ1) is 17.3. The first-order valence-electron chi connectivity index (χ1n) is 9.29. The molecule has 2 amide bonds. The number of nitrogens with zero attached hydrogens (tertiary/aromatic N) is 1. The maximum atomic E-state index is 12.4. The molecular weight excluding hydrogens is 304 g/mol. The summed E-state index contributed by atoms with van der Waals surface area (Å²) in [7, 11) is 0. The molecular formula is C19H30N2O3. The van der Waals surface area contributed by atoms with E-state index >= 15 is 0 Å². The Hall–Kier alpha value is -1.52. The summed E-state index contributed by atoms with van der Waals surface area (Å²) in [5.74, 6) is 0.560. The van der Waals surface area contributed by atoms with E-state index in [1.807, 2.05) is 25.7 Å². The number of hydrogen-bond acceptors (Lipinski definition) is 3. The molecule has 0 radical (unpaired) electrons. The second-order valence-electron chi connectivity index (χ2n) is 8.48. The van der Waals surface area contributed by atoms with E-state index in [0.717, 1.165) is 38.5 Å². The van der Waals surface area contributed by atoms with Crippen molar-refractivity contribution in [1.29, 1.82) is 0 Å². The number of hydrogen-bond donors (Lipinski definition) is 1. The number of piperidine rings is 1. The molecule has 5 heteroatoms. The van der Waals surface area contributed by atoms with Crippen molar-refractivity contribution in [2.75, 3.05) is 0 Å². The van der Waals surface area contributed by atoms with Crippen molar-refractivity contribution in [3.8, 4) is 0 Å². The van der Waals surface area contributed by atoms with E-state index in [-0.39, 0.29) is 30.1 Å². The fraction of sp³-hybridized carbons (Fsp3) is 0.789. The van der Waals surface area contributed by atoms with E-state index in [1.165, 1.54) is 0 Å². The Morgan fingerprint density at radius 1 is 1.17 bits per heavy atom. The zero-order valence-electron chi connectivity index (χ0n) is 15.1. The summed E-state index contributed by atoms with van der Waals surface area (Å²) in [5, 5.41) is 3.20. The van der Waals surface area contributed by atoms with Crippen LogP contribution in [0, 0.1) is 5.92 Å². The zero-order chi connectivity index (χ0) is 17.3.